The lowest BCUT2D eigenvalue weighted by Crippen LogP contribution is -2.51. The minimum atomic E-state index is -0.0657. The highest BCUT2D eigenvalue weighted by Gasteiger charge is 2.29. The second-order valence-electron chi connectivity index (χ2n) is 4.92. The van der Waals surface area contributed by atoms with Gasteiger partial charge in [-0.25, -0.2) is 0 Å². The molecule has 0 heterocycles. The Morgan fingerprint density at radius 3 is 1.88 bits per heavy atom. The van der Waals surface area contributed by atoms with Crippen LogP contribution in [0.2, 0.25) is 0 Å². The van der Waals surface area contributed by atoms with Crippen LogP contribution in [0.5, 0.6) is 0 Å². The van der Waals surface area contributed by atoms with Crippen molar-refractivity contribution in [2.45, 2.75) is 59.4 Å². The summed E-state index contributed by atoms with van der Waals surface area (Å²) in [5, 5.41) is 3.19. The lowest BCUT2D eigenvalue weighted by Gasteiger charge is -2.34. The van der Waals surface area contributed by atoms with Crippen LogP contribution in [0.1, 0.15) is 53.9 Å². The van der Waals surface area contributed by atoms with E-state index in [-0.39, 0.29) is 17.4 Å². The minimum Gasteiger partial charge on any atom is -0.350 e. The van der Waals surface area contributed by atoms with E-state index in [0.717, 1.165) is 19.3 Å². The smallest absolute Gasteiger partial charge is 0.225 e. The Bertz CT molecular complexity index is 202. The Hall–Kier alpha value is -0.570. The van der Waals surface area contributed by atoms with E-state index >= 15 is 0 Å². The Kier molecular flexibility index (Phi) is 6.65. The highest BCUT2D eigenvalue weighted by molar-refractivity contribution is 5.79. The van der Waals surface area contributed by atoms with Crippen molar-refractivity contribution in [2.24, 2.45) is 17.6 Å². The summed E-state index contributed by atoms with van der Waals surface area (Å²) >= 11 is 0. The summed E-state index contributed by atoms with van der Waals surface area (Å²) < 4.78 is 0. The first-order valence-electron chi connectivity index (χ1n) is 6.48. The molecule has 1 atom stereocenters. The maximum Gasteiger partial charge on any atom is 0.225 e. The summed E-state index contributed by atoms with van der Waals surface area (Å²) in [5.74, 6) is 0.348. The first kappa shape index (κ1) is 15.4. The second-order valence-corrected chi connectivity index (χ2v) is 4.92. The largest absolute Gasteiger partial charge is 0.350 e. The van der Waals surface area contributed by atoms with Crippen molar-refractivity contribution >= 4 is 5.91 Å². The van der Waals surface area contributed by atoms with Gasteiger partial charge in [0.1, 0.15) is 0 Å². The first-order valence-corrected chi connectivity index (χ1v) is 6.48. The third-order valence-electron chi connectivity index (χ3n) is 3.81. The van der Waals surface area contributed by atoms with Gasteiger partial charge < -0.3 is 11.1 Å². The zero-order chi connectivity index (χ0) is 12.8. The predicted octanol–water partition coefficient (Wildman–Crippen LogP) is 2.30. The molecule has 3 N–H and O–H groups in total. The van der Waals surface area contributed by atoms with Crippen LogP contribution in [-0.2, 0) is 4.79 Å². The molecular formula is C13H28N2O. The summed E-state index contributed by atoms with van der Waals surface area (Å²) in [6.45, 7) is 10.9. The molecule has 0 saturated heterocycles. The number of nitrogens with one attached hydrogen (secondary N) is 1. The van der Waals surface area contributed by atoms with Gasteiger partial charge in [0, 0.05) is 12.1 Å². The van der Waals surface area contributed by atoms with E-state index in [2.05, 4.69) is 26.1 Å². The standard InChI is InChI=1S/C13H28N2O/c1-6-13(7-2,8-3)15-12(16)11(9-14)10(4)5/h10-11H,6-9,14H2,1-5H3,(H,15,16). The van der Waals surface area contributed by atoms with E-state index in [1.807, 2.05) is 13.8 Å². The summed E-state index contributed by atoms with van der Waals surface area (Å²) in [6, 6.07) is 0. The fourth-order valence-corrected chi connectivity index (χ4v) is 2.05. The SMILES string of the molecule is CCC(CC)(CC)NC(=O)C(CN)C(C)C. The molecule has 0 aliphatic heterocycles. The second kappa shape index (κ2) is 6.89. The van der Waals surface area contributed by atoms with Crippen molar-refractivity contribution in [3.8, 4) is 0 Å². The van der Waals surface area contributed by atoms with Crippen LogP contribution < -0.4 is 11.1 Å². The molecule has 0 bridgehead atoms. The fraction of sp³-hybridized carbons (Fsp3) is 0.923. The number of hydrogen-bond donors (Lipinski definition) is 2. The van der Waals surface area contributed by atoms with E-state index in [9.17, 15) is 4.79 Å². The molecule has 0 saturated carbocycles. The van der Waals surface area contributed by atoms with Gasteiger partial charge in [-0.3, -0.25) is 4.79 Å². The highest BCUT2D eigenvalue weighted by Crippen LogP contribution is 2.21. The third kappa shape index (κ3) is 3.78. The molecule has 3 heteroatoms. The first-order chi connectivity index (χ1) is 7.46. The number of amides is 1. The minimum absolute atomic E-state index is 0.0423. The molecule has 0 fully saturated rings. The van der Waals surface area contributed by atoms with Gasteiger partial charge in [0.05, 0.1) is 5.92 Å². The van der Waals surface area contributed by atoms with Crippen LogP contribution in [0.15, 0.2) is 0 Å². The quantitative estimate of drug-likeness (QED) is 0.702. The molecule has 96 valence electrons. The van der Waals surface area contributed by atoms with E-state index < -0.39 is 0 Å². The molecule has 0 aromatic rings. The molecule has 0 spiro atoms. The summed E-state index contributed by atoms with van der Waals surface area (Å²) in [6.07, 6.45) is 2.92. The lowest BCUT2D eigenvalue weighted by molar-refractivity contribution is -0.128. The molecule has 1 unspecified atom stereocenters. The van der Waals surface area contributed by atoms with Gasteiger partial charge in [-0.2, -0.15) is 0 Å². The number of carbonyl (C=O) groups excluding carboxylic acids is 1. The molecule has 16 heavy (non-hydrogen) atoms. The Balaban J connectivity index is 4.62. The van der Waals surface area contributed by atoms with Crippen molar-refractivity contribution < 1.29 is 4.79 Å². The maximum atomic E-state index is 12.1. The summed E-state index contributed by atoms with van der Waals surface area (Å²) in [5.41, 5.74) is 5.61. The van der Waals surface area contributed by atoms with Crippen molar-refractivity contribution in [2.75, 3.05) is 6.54 Å². The van der Waals surface area contributed by atoms with Crippen LogP contribution in [0, 0.1) is 11.8 Å². The monoisotopic (exact) mass is 228 g/mol. The van der Waals surface area contributed by atoms with Gasteiger partial charge in [0.15, 0.2) is 0 Å². The van der Waals surface area contributed by atoms with Gasteiger partial charge >= 0.3 is 0 Å². The molecule has 3 nitrogen and oxygen atoms in total. The molecule has 0 aliphatic rings. The number of hydrogen-bond acceptors (Lipinski definition) is 2. The lowest BCUT2D eigenvalue weighted by atomic mass is 9.87. The molecule has 0 aromatic heterocycles. The van der Waals surface area contributed by atoms with Crippen molar-refractivity contribution in [3.05, 3.63) is 0 Å². The van der Waals surface area contributed by atoms with Crippen LogP contribution in [0.25, 0.3) is 0 Å². The average molecular weight is 228 g/mol. The van der Waals surface area contributed by atoms with Crippen LogP contribution in [-0.4, -0.2) is 18.0 Å². The average Bonchev–Trinajstić information content (AvgIpc) is 2.26. The molecule has 0 radical (unpaired) electrons. The van der Waals surface area contributed by atoms with Gasteiger partial charge in [-0.05, 0) is 25.2 Å². The summed E-state index contributed by atoms with van der Waals surface area (Å²) in [4.78, 5) is 12.1. The van der Waals surface area contributed by atoms with Gasteiger partial charge in [0.2, 0.25) is 5.91 Å². The zero-order valence-corrected chi connectivity index (χ0v) is 11.5. The Morgan fingerprint density at radius 1 is 1.19 bits per heavy atom. The summed E-state index contributed by atoms with van der Waals surface area (Å²) in [7, 11) is 0. The third-order valence-corrected chi connectivity index (χ3v) is 3.81. The number of rotatable bonds is 7. The van der Waals surface area contributed by atoms with E-state index in [1.54, 1.807) is 0 Å². The van der Waals surface area contributed by atoms with Gasteiger partial charge in [-0.1, -0.05) is 34.6 Å². The zero-order valence-electron chi connectivity index (χ0n) is 11.5. The van der Waals surface area contributed by atoms with Crippen LogP contribution in [0.3, 0.4) is 0 Å². The van der Waals surface area contributed by atoms with Crippen molar-refractivity contribution in [1.82, 2.24) is 5.32 Å². The molecule has 0 aromatic carbocycles. The Morgan fingerprint density at radius 2 is 1.62 bits per heavy atom. The predicted molar refractivity (Wildman–Crippen MR) is 69.1 cm³/mol. The van der Waals surface area contributed by atoms with Gasteiger partial charge in [-0.15, -0.1) is 0 Å². The van der Waals surface area contributed by atoms with Crippen molar-refractivity contribution in [3.63, 3.8) is 0 Å². The normalized spacial score (nSPS) is 13.9. The van der Waals surface area contributed by atoms with Crippen LogP contribution >= 0.6 is 0 Å². The Labute approximate surface area is 100 Å². The number of carbonyl (C=O) groups is 1. The number of nitrogens with two attached hydrogens (primary N) is 1. The topological polar surface area (TPSA) is 55.1 Å². The molecule has 0 aliphatic carbocycles. The highest BCUT2D eigenvalue weighted by atomic mass is 16.2. The molecule has 1 amide bonds. The van der Waals surface area contributed by atoms with Crippen LogP contribution in [0.4, 0.5) is 0 Å². The van der Waals surface area contributed by atoms with Crippen molar-refractivity contribution in [1.29, 1.82) is 0 Å². The van der Waals surface area contributed by atoms with E-state index in [0.29, 0.717) is 12.5 Å². The molecule has 0 rings (SSSR count). The maximum absolute atomic E-state index is 12.1. The van der Waals surface area contributed by atoms with Gasteiger partial charge in [0.25, 0.3) is 0 Å². The van der Waals surface area contributed by atoms with E-state index in [1.165, 1.54) is 0 Å². The molecular weight excluding hydrogens is 200 g/mol. The fourth-order valence-electron chi connectivity index (χ4n) is 2.05. The van der Waals surface area contributed by atoms with E-state index in [4.69, 9.17) is 5.73 Å².